The van der Waals surface area contributed by atoms with Crippen molar-refractivity contribution < 1.29 is 4.57 Å². The van der Waals surface area contributed by atoms with Crippen LogP contribution in [0, 0.1) is 6.92 Å². The van der Waals surface area contributed by atoms with Crippen LogP contribution in [0.4, 0.5) is 0 Å². The highest BCUT2D eigenvalue weighted by atomic mass is 15.0. The zero-order valence-electron chi connectivity index (χ0n) is 8.62. The lowest BCUT2D eigenvalue weighted by Gasteiger charge is -1.98. The molecule has 0 bridgehead atoms. The number of nitrogens with one attached hydrogen (secondary N) is 1. The summed E-state index contributed by atoms with van der Waals surface area (Å²) in [5.41, 5.74) is 2.67. The van der Waals surface area contributed by atoms with Crippen LogP contribution in [0.15, 0.2) is 36.7 Å². The second-order valence-electron chi connectivity index (χ2n) is 3.68. The lowest BCUT2D eigenvalue weighted by atomic mass is 10.1. The van der Waals surface area contributed by atoms with Crippen molar-refractivity contribution in [2.75, 3.05) is 0 Å². The summed E-state index contributed by atoms with van der Waals surface area (Å²) in [6.07, 6.45) is 4.96. The maximum Gasteiger partial charge on any atom is 0.258 e. The quantitative estimate of drug-likeness (QED) is 0.691. The van der Waals surface area contributed by atoms with Crippen molar-refractivity contribution in [1.82, 2.24) is 4.98 Å². The third-order valence-corrected chi connectivity index (χ3v) is 2.43. The molecule has 0 unspecified atom stereocenters. The molecule has 0 amide bonds. The van der Waals surface area contributed by atoms with Gasteiger partial charge in [0.05, 0.1) is 13.5 Å². The summed E-state index contributed by atoms with van der Waals surface area (Å²) in [5.74, 6) is 1.23. The summed E-state index contributed by atoms with van der Waals surface area (Å²) in [6, 6.07) is 8.61. The van der Waals surface area contributed by atoms with Gasteiger partial charge in [0, 0.05) is 0 Å². The molecule has 1 N–H and O–H groups in total. The van der Waals surface area contributed by atoms with Crippen molar-refractivity contribution in [2.45, 2.75) is 13.3 Å². The lowest BCUT2D eigenvalue weighted by Crippen LogP contribution is -2.30. The summed E-state index contributed by atoms with van der Waals surface area (Å²) >= 11 is 0. The highest BCUT2D eigenvalue weighted by Crippen LogP contribution is 2.06. The fourth-order valence-electron chi connectivity index (χ4n) is 1.63. The largest absolute Gasteiger partial charge is 0.258 e. The maximum atomic E-state index is 3.24. The van der Waals surface area contributed by atoms with Crippen LogP contribution in [0.1, 0.15) is 17.0 Å². The van der Waals surface area contributed by atoms with Gasteiger partial charge in [-0.2, -0.15) is 0 Å². The standard InChI is InChI=1S/C12H14N2/c1-10-4-3-5-11(8-10)9-12-13-6-7-14(12)2/h3-8H,9H2,1-2H3/p+1. The van der Waals surface area contributed by atoms with Crippen molar-refractivity contribution in [3.63, 3.8) is 0 Å². The molecule has 0 atom stereocenters. The van der Waals surface area contributed by atoms with E-state index in [-0.39, 0.29) is 0 Å². The molecular weight excluding hydrogens is 172 g/mol. The second-order valence-corrected chi connectivity index (χ2v) is 3.68. The Morgan fingerprint density at radius 1 is 1.36 bits per heavy atom. The van der Waals surface area contributed by atoms with Crippen LogP contribution in [0.5, 0.6) is 0 Å². The van der Waals surface area contributed by atoms with E-state index in [1.807, 2.05) is 12.4 Å². The molecule has 0 aliphatic rings. The van der Waals surface area contributed by atoms with E-state index in [2.05, 4.69) is 47.8 Å². The van der Waals surface area contributed by atoms with Gasteiger partial charge in [-0.1, -0.05) is 29.8 Å². The van der Waals surface area contributed by atoms with Crippen LogP contribution in [0.3, 0.4) is 0 Å². The van der Waals surface area contributed by atoms with Gasteiger partial charge in [0.2, 0.25) is 0 Å². The molecule has 0 fully saturated rings. The van der Waals surface area contributed by atoms with Crippen LogP contribution in [-0.2, 0) is 13.5 Å². The normalized spacial score (nSPS) is 10.4. The summed E-state index contributed by atoms with van der Waals surface area (Å²) in [7, 11) is 2.06. The fraction of sp³-hybridized carbons (Fsp3) is 0.250. The zero-order chi connectivity index (χ0) is 9.97. The molecule has 2 rings (SSSR count). The average molecular weight is 187 g/mol. The molecular formula is C12H15N2+. The van der Waals surface area contributed by atoms with E-state index in [1.54, 1.807) is 0 Å². The molecule has 2 aromatic rings. The molecule has 14 heavy (non-hydrogen) atoms. The lowest BCUT2D eigenvalue weighted by molar-refractivity contribution is -0.677. The first-order valence-electron chi connectivity index (χ1n) is 4.83. The number of benzene rings is 1. The Hall–Kier alpha value is -1.57. The van der Waals surface area contributed by atoms with Gasteiger partial charge >= 0.3 is 0 Å². The molecule has 2 heteroatoms. The molecule has 2 nitrogen and oxygen atoms in total. The number of aromatic nitrogens is 2. The number of H-pyrrole nitrogens is 1. The summed E-state index contributed by atoms with van der Waals surface area (Å²) in [6.45, 7) is 2.12. The van der Waals surface area contributed by atoms with Crippen molar-refractivity contribution in [3.05, 3.63) is 53.6 Å². The minimum absolute atomic E-state index is 0.963. The van der Waals surface area contributed by atoms with E-state index in [1.165, 1.54) is 17.0 Å². The van der Waals surface area contributed by atoms with Crippen molar-refractivity contribution in [1.29, 1.82) is 0 Å². The first-order chi connectivity index (χ1) is 6.75. The van der Waals surface area contributed by atoms with E-state index >= 15 is 0 Å². The number of imidazole rings is 1. The van der Waals surface area contributed by atoms with E-state index in [9.17, 15) is 0 Å². The predicted octanol–water partition coefficient (Wildman–Crippen LogP) is 1.74. The molecule has 1 heterocycles. The smallest absolute Gasteiger partial charge is 0.247 e. The molecule has 0 saturated heterocycles. The van der Waals surface area contributed by atoms with Crippen LogP contribution < -0.4 is 4.57 Å². The van der Waals surface area contributed by atoms with Crippen LogP contribution in [0.2, 0.25) is 0 Å². The maximum absolute atomic E-state index is 3.24. The molecule has 72 valence electrons. The highest BCUT2D eigenvalue weighted by molar-refractivity contribution is 5.24. The minimum Gasteiger partial charge on any atom is -0.247 e. The molecule has 1 aromatic carbocycles. The molecule has 0 saturated carbocycles. The third-order valence-electron chi connectivity index (χ3n) is 2.43. The van der Waals surface area contributed by atoms with Crippen LogP contribution in [-0.4, -0.2) is 4.98 Å². The zero-order valence-corrected chi connectivity index (χ0v) is 8.62. The fourth-order valence-corrected chi connectivity index (χ4v) is 1.63. The van der Waals surface area contributed by atoms with E-state index < -0.39 is 0 Å². The first-order valence-corrected chi connectivity index (χ1v) is 4.83. The number of hydrogen-bond donors (Lipinski definition) is 1. The van der Waals surface area contributed by atoms with Gasteiger partial charge in [-0.25, -0.2) is 9.55 Å². The van der Waals surface area contributed by atoms with E-state index in [0.717, 1.165) is 6.42 Å². The van der Waals surface area contributed by atoms with Gasteiger partial charge in [0.15, 0.2) is 0 Å². The Balaban J connectivity index is 2.23. The monoisotopic (exact) mass is 187 g/mol. The summed E-state index contributed by atoms with van der Waals surface area (Å²) in [5, 5.41) is 0. The minimum atomic E-state index is 0.963. The van der Waals surface area contributed by atoms with Gasteiger partial charge in [-0.3, -0.25) is 0 Å². The number of aromatic amines is 1. The Morgan fingerprint density at radius 2 is 2.21 bits per heavy atom. The number of hydrogen-bond acceptors (Lipinski definition) is 0. The molecule has 0 radical (unpaired) electrons. The third kappa shape index (κ3) is 1.84. The van der Waals surface area contributed by atoms with Gasteiger partial charge in [-0.15, -0.1) is 0 Å². The predicted molar refractivity (Wildman–Crippen MR) is 56.0 cm³/mol. The Morgan fingerprint density at radius 3 is 2.86 bits per heavy atom. The molecule has 0 aliphatic heterocycles. The Bertz CT molecular complexity index is 429. The number of rotatable bonds is 2. The van der Waals surface area contributed by atoms with Gasteiger partial charge in [0.25, 0.3) is 5.82 Å². The van der Waals surface area contributed by atoms with Crippen molar-refractivity contribution in [2.24, 2.45) is 7.05 Å². The average Bonchev–Trinajstić information content (AvgIpc) is 2.52. The second kappa shape index (κ2) is 3.66. The van der Waals surface area contributed by atoms with Crippen LogP contribution >= 0.6 is 0 Å². The van der Waals surface area contributed by atoms with E-state index in [4.69, 9.17) is 0 Å². The Kier molecular flexibility index (Phi) is 2.35. The number of aryl methyl sites for hydroxylation is 2. The van der Waals surface area contributed by atoms with Crippen molar-refractivity contribution in [3.8, 4) is 0 Å². The summed E-state index contributed by atoms with van der Waals surface area (Å²) in [4.78, 5) is 3.24. The molecule has 0 aliphatic carbocycles. The number of nitrogens with zero attached hydrogens (tertiary/aromatic N) is 1. The molecule has 1 aromatic heterocycles. The highest BCUT2D eigenvalue weighted by Gasteiger charge is 2.06. The van der Waals surface area contributed by atoms with E-state index in [0.29, 0.717) is 0 Å². The topological polar surface area (TPSA) is 19.7 Å². The Labute approximate surface area is 84.2 Å². The molecule has 0 spiro atoms. The van der Waals surface area contributed by atoms with Gasteiger partial charge < -0.3 is 0 Å². The van der Waals surface area contributed by atoms with Gasteiger partial charge in [0.1, 0.15) is 12.4 Å². The summed E-state index contributed by atoms with van der Waals surface area (Å²) < 4.78 is 2.11. The van der Waals surface area contributed by atoms with Crippen molar-refractivity contribution >= 4 is 0 Å². The first kappa shape index (κ1) is 9.00. The van der Waals surface area contributed by atoms with Gasteiger partial charge in [-0.05, 0) is 12.5 Å². The SMILES string of the molecule is Cc1cccc(Cc2[nH]cc[n+]2C)c1. The van der Waals surface area contributed by atoms with Crippen LogP contribution in [0.25, 0.3) is 0 Å².